The molecule has 0 aromatic carbocycles. The third kappa shape index (κ3) is 3.87. The molecule has 0 saturated heterocycles. The Morgan fingerprint density at radius 1 is 1.56 bits per heavy atom. The zero-order valence-electron chi connectivity index (χ0n) is 10.9. The predicted octanol–water partition coefficient (Wildman–Crippen LogP) is 1.05. The summed E-state index contributed by atoms with van der Waals surface area (Å²) in [6.45, 7) is 6.50. The Morgan fingerprint density at radius 3 is 2.78 bits per heavy atom. The molecule has 0 saturated carbocycles. The number of carbonyl (C=O) groups is 2. The van der Waals surface area contributed by atoms with E-state index < -0.39 is 5.97 Å². The molecule has 1 unspecified atom stereocenters. The zero-order valence-corrected chi connectivity index (χ0v) is 10.9. The minimum atomic E-state index is -0.855. The lowest BCUT2D eigenvalue weighted by Crippen LogP contribution is -2.30. The van der Waals surface area contributed by atoms with Crippen LogP contribution in [0, 0.1) is 12.8 Å². The number of hydrogen-bond acceptors (Lipinski definition) is 3. The van der Waals surface area contributed by atoms with Gasteiger partial charge in [0.2, 0.25) is 0 Å². The summed E-state index contributed by atoms with van der Waals surface area (Å²) in [5.74, 6) is -1.16. The zero-order chi connectivity index (χ0) is 13.7. The number of rotatable bonds is 6. The van der Waals surface area contributed by atoms with Gasteiger partial charge in [0.15, 0.2) is 0 Å². The topological polar surface area (TPSA) is 84.2 Å². The summed E-state index contributed by atoms with van der Waals surface area (Å²) in [5.41, 5.74) is 1.30. The van der Waals surface area contributed by atoms with E-state index in [9.17, 15) is 9.59 Å². The molecule has 6 nitrogen and oxygen atoms in total. The van der Waals surface area contributed by atoms with Crippen molar-refractivity contribution in [1.29, 1.82) is 0 Å². The second kappa shape index (κ2) is 6.18. The van der Waals surface area contributed by atoms with E-state index >= 15 is 0 Å². The highest BCUT2D eigenvalue weighted by molar-refractivity contribution is 5.92. The summed E-state index contributed by atoms with van der Waals surface area (Å²) in [6.07, 6.45) is 0.0480. The second-order valence-corrected chi connectivity index (χ2v) is 4.40. The van der Waals surface area contributed by atoms with Crippen LogP contribution in [0.2, 0.25) is 0 Å². The van der Waals surface area contributed by atoms with Crippen molar-refractivity contribution in [2.45, 2.75) is 33.7 Å². The first kappa shape index (κ1) is 14.2. The van der Waals surface area contributed by atoms with Crippen molar-refractivity contribution in [3.05, 3.63) is 17.5 Å². The predicted molar refractivity (Wildman–Crippen MR) is 66.4 cm³/mol. The summed E-state index contributed by atoms with van der Waals surface area (Å²) in [5, 5.41) is 15.5. The van der Waals surface area contributed by atoms with Crippen LogP contribution in [0.1, 0.15) is 36.5 Å². The van der Waals surface area contributed by atoms with Crippen molar-refractivity contribution < 1.29 is 14.7 Å². The van der Waals surface area contributed by atoms with Crippen LogP contribution in [0.5, 0.6) is 0 Å². The quantitative estimate of drug-likeness (QED) is 0.793. The fourth-order valence-electron chi connectivity index (χ4n) is 1.70. The molecular formula is C12H19N3O3. The van der Waals surface area contributed by atoms with Crippen LogP contribution in [-0.2, 0) is 11.3 Å². The van der Waals surface area contributed by atoms with Gasteiger partial charge in [-0.2, -0.15) is 5.10 Å². The molecule has 1 atom stereocenters. The molecule has 1 aromatic rings. The van der Waals surface area contributed by atoms with Crippen molar-refractivity contribution in [1.82, 2.24) is 15.1 Å². The minimum Gasteiger partial charge on any atom is -0.481 e. The average molecular weight is 253 g/mol. The van der Waals surface area contributed by atoms with E-state index in [1.807, 2.05) is 13.8 Å². The number of hydrogen-bond donors (Lipinski definition) is 2. The first-order valence-electron chi connectivity index (χ1n) is 5.98. The summed E-state index contributed by atoms with van der Waals surface area (Å²) in [7, 11) is 0. The molecule has 100 valence electrons. The van der Waals surface area contributed by atoms with Gasteiger partial charge in [0.1, 0.15) is 5.69 Å². The number of aryl methyl sites for hydroxylation is 2. The van der Waals surface area contributed by atoms with Crippen molar-refractivity contribution in [2.75, 3.05) is 6.54 Å². The third-order valence-electron chi connectivity index (χ3n) is 2.57. The lowest BCUT2D eigenvalue weighted by molar-refractivity contribution is -0.137. The molecular weight excluding hydrogens is 234 g/mol. The molecule has 1 amide bonds. The van der Waals surface area contributed by atoms with E-state index in [-0.39, 0.29) is 18.2 Å². The Morgan fingerprint density at radius 2 is 2.22 bits per heavy atom. The Hall–Kier alpha value is -1.85. The van der Waals surface area contributed by atoms with Crippen LogP contribution in [0.25, 0.3) is 0 Å². The van der Waals surface area contributed by atoms with Crippen molar-refractivity contribution >= 4 is 11.9 Å². The number of carboxylic acid groups (broad SMARTS) is 1. The van der Waals surface area contributed by atoms with E-state index in [4.69, 9.17) is 5.11 Å². The van der Waals surface area contributed by atoms with Gasteiger partial charge in [0.25, 0.3) is 5.91 Å². The highest BCUT2D eigenvalue weighted by atomic mass is 16.4. The highest BCUT2D eigenvalue weighted by Crippen LogP contribution is 2.05. The lowest BCUT2D eigenvalue weighted by Gasteiger charge is -2.10. The van der Waals surface area contributed by atoms with Gasteiger partial charge in [-0.3, -0.25) is 14.3 Å². The third-order valence-corrected chi connectivity index (χ3v) is 2.57. The SMILES string of the molecule is CCn1nc(C)cc1C(=O)NCC(C)CC(=O)O. The molecule has 6 heteroatoms. The van der Waals surface area contributed by atoms with E-state index in [1.54, 1.807) is 17.7 Å². The minimum absolute atomic E-state index is 0.0480. The monoisotopic (exact) mass is 253 g/mol. The van der Waals surface area contributed by atoms with Gasteiger partial charge in [-0.05, 0) is 25.8 Å². The highest BCUT2D eigenvalue weighted by Gasteiger charge is 2.14. The number of amides is 1. The molecule has 0 aliphatic carbocycles. The first-order valence-corrected chi connectivity index (χ1v) is 5.98. The standard InChI is InChI=1S/C12H19N3O3/c1-4-15-10(6-9(3)14-15)12(18)13-7-8(2)5-11(16)17/h6,8H,4-5,7H2,1-3H3,(H,13,18)(H,16,17). The van der Waals surface area contributed by atoms with Gasteiger partial charge in [-0.1, -0.05) is 6.92 Å². The molecule has 0 radical (unpaired) electrons. The maximum atomic E-state index is 11.9. The van der Waals surface area contributed by atoms with Gasteiger partial charge >= 0.3 is 5.97 Å². The van der Waals surface area contributed by atoms with Crippen LogP contribution in [0.3, 0.4) is 0 Å². The average Bonchev–Trinajstić information content (AvgIpc) is 2.66. The fraction of sp³-hybridized carbons (Fsp3) is 0.583. The molecule has 18 heavy (non-hydrogen) atoms. The largest absolute Gasteiger partial charge is 0.481 e. The van der Waals surface area contributed by atoms with Crippen molar-refractivity contribution in [3.63, 3.8) is 0 Å². The van der Waals surface area contributed by atoms with Gasteiger partial charge in [-0.25, -0.2) is 0 Å². The van der Waals surface area contributed by atoms with Crippen molar-refractivity contribution in [3.8, 4) is 0 Å². The molecule has 1 aromatic heterocycles. The summed E-state index contributed by atoms with van der Waals surface area (Å²) >= 11 is 0. The number of aliphatic carboxylic acids is 1. The van der Waals surface area contributed by atoms with Gasteiger partial charge < -0.3 is 10.4 Å². The van der Waals surface area contributed by atoms with Gasteiger partial charge in [0.05, 0.1) is 5.69 Å². The van der Waals surface area contributed by atoms with E-state index in [0.717, 1.165) is 5.69 Å². The molecule has 2 N–H and O–H groups in total. The van der Waals surface area contributed by atoms with Crippen LogP contribution in [0.15, 0.2) is 6.07 Å². The lowest BCUT2D eigenvalue weighted by atomic mass is 10.1. The summed E-state index contributed by atoms with van der Waals surface area (Å²) in [6, 6.07) is 1.72. The van der Waals surface area contributed by atoms with Gasteiger partial charge in [-0.15, -0.1) is 0 Å². The molecule has 0 bridgehead atoms. The van der Waals surface area contributed by atoms with E-state index in [2.05, 4.69) is 10.4 Å². The number of aromatic nitrogens is 2. The van der Waals surface area contributed by atoms with Crippen molar-refractivity contribution in [2.24, 2.45) is 5.92 Å². The summed E-state index contributed by atoms with van der Waals surface area (Å²) < 4.78 is 1.63. The normalized spacial score (nSPS) is 12.2. The Bertz CT molecular complexity index is 440. The molecule has 0 aliphatic heterocycles. The maximum Gasteiger partial charge on any atom is 0.303 e. The van der Waals surface area contributed by atoms with Crippen LogP contribution in [-0.4, -0.2) is 33.3 Å². The van der Waals surface area contributed by atoms with E-state index in [1.165, 1.54) is 0 Å². The van der Waals surface area contributed by atoms with Gasteiger partial charge in [0, 0.05) is 19.5 Å². The maximum absolute atomic E-state index is 11.9. The van der Waals surface area contributed by atoms with Crippen LogP contribution < -0.4 is 5.32 Å². The number of nitrogens with zero attached hydrogens (tertiary/aromatic N) is 2. The number of carbonyl (C=O) groups excluding carboxylic acids is 1. The Balaban J connectivity index is 2.57. The number of nitrogens with one attached hydrogen (secondary N) is 1. The first-order chi connectivity index (χ1) is 8.43. The van der Waals surface area contributed by atoms with Crippen LogP contribution >= 0.6 is 0 Å². The summed E-state index contributed by atoms with van der Waals surface area (Å²) in [4.78, 5) is 22.4. The Kier molecular flexibility index (Phi) is 4.88. The molecule has 0 fully saturated rings. The fourth-order valence-corrected chi connectivity index (χ4v) is 1.70. The van der Waals surface area contributed by atoms with Crippen LogP contribution in [0.4, 0.5) is 0 Å². The molecule has 1 rings (SSSR count). The number of carboxylic acids is 1. The molecule has 0 aliphatic rings. The molecule has 1 heterocycles. The molecule has 0 spiro atoms. The Labute approximate surface area is 106 Å². The second-order valence-electron chi connectivity index (χ2n) is 4.40. The van der Waals surface area contributed by atoms with E-state index in [0.29, 0.717) is 18.8 Å². The smallest absolute Gasteiger partial charge is 0.303 e.